The van der Waals surface area contributed by atoms with Crippen LogP contribution in [0.2, 0.25) is 0 Å². The van der Waals surface area contributed by atoms with Crippen LogP contribution in [0, 0.1) is 17.8 Å². The van der Waals surface area contributed by atoms with Crippen molar-refractivity contribution in [2.45, 2.75) is 79.6 Å². The van der Waals surface area contributed by atoms with Crippen LogP contribution in [0.5, 0.6) is 0 Å². The first-order valence-corrected chi connectivity index (χ1v) is 9.99. The molecule has 0 heterocycles. The normalized spacial score (nSPS) is 13.7. The van der Waals surface area contributed by atoms with E-state index in [4.69, 9.17) is 0 Å². The van der Waals surface area contributed by atoms with Gasteiger partial charge in [0.15, 0.2) is 0 Å². The summed E-state index contributed by atoms with van der Waals surface area (Å²) in [6.45, 7) is 10.1. The summed E-state index contributed by atoms with van der Waals surface area (Å²) in [4.78, 5) is 23.8. The summed E-state index contributed by atoms with van der Waals surface area (Å²) >= 11 is 0. The van der Waals surface area contributed by atoms with Crippen LogP contribution < -0.4 is 0 Å². The SMILES string of the molecule is CCC(C)C(=O)C(C)Cc1ccc(CCCCCC(=O)C(C)C)cc1. The van der Waals surface area contributed by atoms with Crippen LogP contribution in [0.25, 0.3) is 0 Å². The van der Waals surface area contributed by atoms with Gasteiger partial charge in [0, 0.05) is 24.2 Å². The Bertz CT molecular complexity index is 528. The highest BCUT2D eigenvalue weighted by Crippen LogP contribution is 2.17. The number of ketones is 2. The molecule has 2 atom stereocenters. The molecule has 2 heteroatoms. The maximum Gasteiger partial charge on any atom is 0.138 e. The zero-order valence-corrected chi connectivity index (χ0v) is 16.8. The Morgan fingerprint density at radius 3 is 2.00 bits per heavy atom. The second kappa shape index (κ2) is 11.2. The minimum absolute atomic E-state index is 0.0966. The van der Waals surface area contributed by atoms with Gasteiger partial charge in [0.05, 0.1) is 0 Å². The summed E-state index contributed by atoms with van der Waals surface area (Å²) in [6.07, 6.45) is 6.79. The molecule has 0 fully saturated rings. The van der Waals surface area contributed by atoms with E-state index in [1.807, 2.05) is 27.7 Å². The summed E-state index contributed by atoms with van der Waals surface area (Å²) in [6, 6.07) is 8.71. The zero-order valence-electron chi connectivity index (χ0n) is 16.8. The molecule has 1 aromatic rings. The molecule has 25 heavy (non-hydrogen) atoms. The second-order valence-electron chi connectivity index (χ2n) is 7.82. The van der Waals surface area contributed by atoms with Gasteiger partial charge in [0.1, 0.15) is 11.6 Å². The topological polar surface area (TPSA) is 34.1 Å². The van der Waals surface area contributed by atoms with Gasteiger partial charge in [-0.3, -0.25) is 9.59 Å². The Hall–Kier alpha value is -1.44. The van der Waals surface area contributed by atoms with Gasteiger partial charge >= 0.3 is 0 Å². The van der Waals surface area contributed by atoms with Gasteiger partial charge in [0.2, 0.25) is 0 Å². The van der Waals surface area contributed by atoms with Gasteiger partial charge in [-0.2, -0.15) is 0 Å². The summed E-state index contributed by atoms with van der Waals surface area (Å²) in [5.41, 5.74) is 2.59. The number of benzene rings is 1. The molecule has 0 saturated carbocycles. The predicted molar refractivity (Wildman–Crippen MR) is 106 cm³/mol. The van der Waals surface area contributed by atoms with Crippen molar-refractivity contribution in [2.24, 2.45) is 17.8 Å². The third-order valence-corrected chi connectivity index (χ3v) is 5.18. The standard InChI is InChI=1S/C23H36O2/c1-6-18(4)23(25)19(5)16-21-14-12-20(13-15-21)10-8-7-9-11-22(24)17(2)3/h12-15,17-19H,6-11,16H2,1-5H3. The molecule has 140 valence electrons. The molecular formula is C23H36O2. The van der Waals surface area contributed by atoms with Crippen LogP contribution >= 0.6 is 0 Å². The average molecular weight is 345 g/mol. The largest absolute Gasteiger partial charge is 0.299 e. The highest BCUT2D eigenvalue weighted by molar-refractivity contribution is 5.83. The Morgan fingerprint density at radius 2 is 1.44 bits per heavy atom. The van der Waals surface area contributed by atoms with E-state index in [1.165, 1.54) is 11.1 Å². The number of Topliss-reactive ketones (excluding diaryl/α,β-unsaturated/α-hetero) is 2. The number of carbonyl (C=O) groups excluding carboxylic acids is 2. The average Bonchev–Trinajstić information content (AvgIpc) is 2.61. The van der Waals surface area contributed by atoms with E-state index in [-0.39, 0.29) is 17.8 Å². The van der Waals surface area contributed by atoms with E-state index < -0.39 is 0 Å². The lowest BCUT2D eigenvalue weighted by molar-refractivity contribution is -0.126. The van der Waals surface area contributed by atoms with Crippen molar-refractivity contribution in [1.29, 1.82) is 0 Å². The van der Waals surface area contributed by atoms with Crippen LogP contribution in [-0.4, -0.2) is 11.6 Å². The third-order valence-electron chi connectivity index (χ3n) is 5.18. The summed E-state index contributed by atoms with van der Waals surface area (Å²) in [5, 5.41) is 0. The molecule has 0 aliphatic rings. The molecule has 0 spiro atoms. The van der Waals surface area contributed by atoms with Gasteiger partial charge in [-0.1, -0.05) is 65.3 Å². The smallest absolute Gasteiger partial charge is 0.138 e. The van der Waals surface area contributed by atoms with E-state index in [2.05, 4.69) is 31.2 Å². The molecule has 2 unspecified atom stereocenters. The van der Waals surface area contributed by atoms with Crippen LogP contribution in [-0.2, 0) is 22.4 Å². The van der Waals surface area contributed by atoms with E-state index in [0.29, 0.717) is 11.6 Å². The first kappa shape index (κ1) is 21.6. The van der Waals surface area contributed by atoms with Gasteiger partial charge in [0.25, 0.3) is 0 Å². The van der Waals surface area contributed by atoms with Gasteiger partial charge in [-0.25, -0.2) is 0 Å². The molecule has 0 aliphatic heterocycles. The monoisotopic (exact) mass is 344 g/mol. The Labute approximate surface area is 154 Å². The lowest BCUT2D eigenvalue weighted by Gasteiger charge is -2.15. The molecule has 0 radical (unpaired) electrons. The highest BCUT2D eigenvalue weighted by atomic mass is 16.1. The number of rotatable bonds is 12. The Morgan fingerprint density at radius 1 is 0.840 bits per heavy atom. The minimum Gasteiger partial charge on any atom is -0.299 e. The molecular weight excluding hydrogens is 308 g/mol. The maximum atomic E-state index is 12.2. The van der Waals surface area contributed by atoms with Crippen LogP contribution in [0.3, 0.4) is 0 Å². The van der Waals surface area contributed by atoms with Crippen molar-refractivity contribution in [3.8, 4) is 0 Å². The fourth-order valence-corrected chi connectivity index (χ4v) is 3.08. The first-order valence-electron chi connectivity index (χ1n) is 9.99. The number of hydrogen-bond donors (Lipinski definition) is 0. The third kappa shape index (κ3) is 7.98. The minimum atomic E-state index is 0.0966. The maximum absolute atomic E-state index is 12.2. The van der Waals surface area contributed by atoms with Gasteiger partial charge in [-0.05, 0) is 43.2 Å². The van der Waals surface area contributed by atoms with Crippen molar-refractivity contribution in [3.05, 3.63) is 35.4 Å². The van der Waals surface area contributed by atoms with Crippen molar-refractivity contribution in [2.75, 3.05) is 0 Å². The molecule has 0 aromatic heterocycles. The predicted octanol–water partition coefficient (Wildman–Crippen LogP) is 5.81. The molecule has 1 rings (SSSR count). The first-order chi connectivity index (χ1) is 11.8. The van der Waals surface area contributed by atoms with Crippen LogP contribution in [0.1, 0.15) is 77.8 Å². The number of hydrogen-bond acceptors (Lipinski definition) is 2. The molecule has 0 aliphatic carbocycles. The van der Waals surface area contributed by atoms with Gasteiger partial charge in [-0.15, -0.1) is 0 Å². The Balaban J connectivity index is 2.34. The quantitative estimate of drug-likeness (QED) is 0.448. The zero-order chi connectivity index (χ0) is 18.8. The molecule has 2 nitrogen and oxygen atoms in total. The summed E-state index contributed by atoms with van der Waals surface area (Å²) < 4.78 is 0. The van der Waals surface area contributed by atoms with E-state index in [1.54, 1.807) is 0 Å². The van der Waals surface area contributed by atoms with Crippen LogP contribution in [0.15, 0.2) is 24.3 Å². The lowest BCUT2D eigenvalue weighted by atomic mass is 9.89. The van der Waals surface area contributed by atoms with E-state index >= 15 is 0 Å². The molecule has 0 saturated heterocycles. The fourth-order valence-electron chi connectivity index (χ4n) is 3.08. The second-order valence-corrected chi connectivity index (χ2v) is 7.82. The highest BCUT2D eigenvalue weighted by Gasteiger charge is 2.18. The number of carbonyl (C=O) groups is 2. The number of aryl methyl sites for hydroxylation is 1. The van der Waals surface area contributed by atoms with Gasteiger partial charge < -0.3 is 0 Å². The van der Waals surface area contributed by atoms with Crippen molar-refractivity contribution >= 4 is 11.6 Å². The molecule has 0 N–H and O–H groups in total. The summed E-state index contributed by atoms with van der Waals surface area (Å²) in [5.74, 6) is 1.19. The van der Waals surface area contributed by atoms with Crippen LogP contribution in [0.4, 0.5) is 0 Å². The Kier molecular flexibility index (Phi) is 9.70. The fraction of sp³-hybridized carbons (Fsp3) is 0.652. The summed E-state index contributed by atoms with van der Waals surface area (Å²) in [7, 11) is 0. The van der Waals surface area contributed by atoms with Crippen molar-refractivity contribution < 1.29 is 9.59 Å². The van der Waals surface area contributed by atoms with Crippen molar-refractivity contribution in [3.63, 3.8) is 0 Å². The molecule has 0 bridgehead atoms. The van der Waals surface area contributed by atoms with E-state index in [0.717, 1.165) is 44.9 Å². The number of unbranched alkanes of at least 4 members (excludes halogenated alkanes) is 2. The van der Waals surface area contributed by atoms with Crippen molar-refractivity contribution in [1.82, 2.24) is 0 Å². The lowest BCUT2D eigenvalue weighted by Crippen LogP contribution is -2.20. The molecule has 0 amide bonds. The van der Waals surface area contributed by atoms with E-state index in [9.17, 15) is 9.59 Å². The molecule has 1 aromatic carbocycles.